The van der Waals surface area contributed by atoms with Crippen molar-refractivity contribution in [1.82, 2.24) is 5.32 Å². The van der Waals surface area contributed by atoms with Crippen LogP contribution < -0.4 is 10.6 Å². The number of halogens is 2. The van der Waals surface area contributed by atoms with Crippen LogP contribution in [0.1, 0.15) is 4.88 Å². The van der Waals surface area contributed by atoms with Crippen molar-refractivity contribution in [2.45, 2.75) is 6.54 Å². The summed E-state index contributed by atoms with van der Waals surface area (Å²) in [6.07, 6.45) is 0. The number of anilines is 1. The summed E-state index contributed by atoms with van der Waals surface area (Å²) in [5.41, 5.74) is 0.705. The summed E-state index contributed by atoms with van der Waals surface area (Å²) in [4.78, 5) is 12.9. The highest BCUT2D eigenvalue weighted by Crippen LogP contribution is 2.22. The number of nitrogens with one attached hydrogen (secondary N) is 2. The monoisotopic (exact) mass is 358 g/mol. The van der Waals surface area contributed by atoms with Gasteiger partial charge in [-0.2, -0.15) is 0 Å². The van der Waals surface area contributed by atoms with Gasteiger partial charge in [0.2, 0.25) is 5.91 Å². The second-order valence-electron chi connectivity index (χ2n) is 3.85. The average molecular weight is 360 g/mol. The Labute approximate surface area is 129 Å². The highest BCUT2D eigenvalue weighted by molar-refractivity contribution is 9.10. The first-order valence-corrected chi connectivity index (χ1v) is 7.68. The molecule has 0 unspecified atom stereocenters. The number of amides is 1. The quantitative estimate of drug-likeness (QED) is 0.850. The first kappa shape index (κ1) is 14.5. The molecule has 0 atom stereocenters. The van der Waals surface area contributed by atoms with E-state index in [1.54, 1.807) is 35.6 Å². The number of hydrogen-bond acceptors (Lipinski definition) is 3. The molecular formula is C13H12BrClN2OS. The molecule has 0 aliphatic heterocycles. The second kappa shape index (κ2) is 7.05. The van der Waals surface area contributed by atoms with E-state index in [4.69, 9.17) is 11.6 Å². The van der Waals surface area contributed by atoms with E-state index in [0.29, 0.717) is 17.3 Å². The molecule has 0 saturated carbocycles. The Bertz CT molecular complexity index is 573. The van der Waals surface area contributed by atoms with Gasteiger partial charge < -0.3 is 10.6 Å². The van der Waals surface area contributed by atoms with Crippen LogP contribution in [0.2, 0.25) is 5.02 Å². The van der Waals surface area contributed by atoms with Crippen LogP contribution in [0, 0.1) is 0 Å². The van der Waals surface area contributed by atoms with Gasteiger partial charge in [0.15, 0.2) is 0 Å². The highest BCUT2D eigenvalue weighted by atomic mass is 79.9. The molecule has 0 fully saturated rings. The van der Waals surface area contributed by atoms with Crippen molar-refractivity contribution < 1.29 is 4.79 Å². The van der Waals surface area contributed by atoms with Gasteiger partial charge in [0.25, 0.3) is 0 Å². The minimum Gasteiger partial charge on any atom is -0.325 e. The molecule has 1 aromatic carbocycles. The summed E-state index contributed by atoms with van der Waals surface area (Å²) in [5.74, 6) is -0.0880. The normalized spacial score (nSPS) is 10.4. The lowest BCUT2D eigenvalue weighted by atomic mass is 10.3. The molecule has 0 bridgehead atoms. The van der Waals surface area contributed by atoms with Crippen LogP contribution in [0.25, 0.3) is 0 Å². The summed E-state index contributed by atoms with van der Waals surface area (Å²) in [6.45, 7) is 0.929. The Morgan fingerprint density at radius 2 is 2.21 bits per heavy atom. The summed E-state index contributed by atoms with van der Waals surface area (Å²) >= 11 is 10.9. The molecule has 2 aromatic rings. The molecule has 0 aliphatic rings. The van der Waals surface area contributed by atoms with E-state index in [9.17, 15) is 4.79 Å². The van der Waals surface area contributed by atoms with Crippen molar-refractivity contribution in [3.05, 3.63) is 50.1 Å². The van der Waals surface area contributed by atoms with E-state index >= 15 is 0 Å². The Morgan fingerprint density at radius 3 is 2.89 bits per heavy atom. The molecule has 0 aliphatic carbocycles. The minimum absolute atomic E-state index is 0.0880. The summed E-state index contributed by atoms with van der Waals surface area (Å²) < 4.78 is 1.07. The fourth-order valence-corrected chi connectivity index (χ4v) is 3.16. The van der Waals surface area contributed by atoms with E-state index < -0.39 is 0 Å². The molecule has 6 heteroatoms. The SMILES string of the molecule is O=C(CNCc1sccc1Br)Nc1cccc(Cl)c1. The predicted octanol–water partition coefficient (Wildman–Crippen LogP) is 3.89. The largest absolute Gasteiger partial charge is 0.325 e. The lowest BCUT2D eigenvalue weighted by Crippen LogP contribution is -2.27. The molecule has 3 nitrogen and oxygen atoms in total. The summed E-state index contributed by atoms with van der Waals surface area (Å²) in [7, 11) is 0. The number of carbonyl (C=O) groups excluding carboxylic acids is 1. The maximum absolute atomic E-state index is 11.7. The van der Waals surface area contributed by atoms with Gasteiger partial charge in [0.1, 0.15) is 0 Å². The zero-order valence-electron chi connectivity index (χ0n) is 9.95. The van der Waals surface area contributed by atoms with Crippen molar-refractivity contribution in [2.24, 2.45) is 0 Å². The number of rotatable bonds is 5. The predicted molar refractivity (Wildman–Crippen MR) is 83.8 cm³/mol. The molecule has 100 valence electrons. The standard InChI is InChI=1S/C13H12BrClN2OS/c14-11-4-5-19-12(11)7-16-8-13(18)17-10-3-1-2-9(15)6-10/h1-6,16H,7-8H2,(H,17,18). The van der Waals surface area contributed by atoms with Crippen LogP contribution >= 0.6 is 38.9 Å². The van der Waals surface area contributed by atoms with Crippen LogP contribution in [0.3, 0.4) is 0 Å². The van der Waals surface area contributed by atoms with Gasteiger partial charge in [-0.3, -0.25) is 4.79 Å². The van der Waals surface area contributed by atoms with Crippen molar-refractivity contribution in [3.63, 3.8) is 0 Å². The Hall–Kier alpha value is -0.880. The lowest BCUT2D eigenvalue weighted by molar-refractivity contribution is -0.115. The molecule has 1 amide bonds. The number of thiophene rings is 1. The number of carbonyl (C=O) groups is 1. The van der Waals surface area contributed by atoms with Gasteiger partial charge in [0.05, 0.1) is 6.54 Å². The molecule has 2 N–H and O–H groups in total. The molecule has 0 saturated heterocycles. The molecular weight excluding hydrogens is 348 g/mol. The van der Waals surface area contributed by atoms with E-state index in [1.165, 1.54) is 4.88 Å². The first-order chi connectivity index (χ1) is 9.15. The van der Waals surface area contributed by atoms with Crippen LogP contribution in [-0.4, -0.2) is 12.5 Å². The Kier molecular flexibility index (Phi) is 5.39. The Balaban J connectivity index is 1.77. The lowest BCUT2D eigenvalue weighted by Gasteiger charge is -2.06. The third-order valence-electron chi connectivity index (χ3n) is 2.37. The zero-order valence-corrected chi connectivity index (χ0v) is 13.1. The smallest absolute Gasteiger partial charge is 0.238 e. The Morgan fingerprint density at radius 1 is 1.37 bits per heavy atom. The molecule has 1 heterocycles. The number of benzene rings is 1. The molecule has 1 aromatic heterocycles. The average Bonchev–Trinajstić information content (AvgIpc) is 2.75. The van der Waals surface area contributed by atoms with Crippen molar-refractivity contribution in [1.29, 1.82) is 0 Å². The first-order valence-electron chi connectivity index (χ1n) is 5.63. The maximum atomic E-state index is 11.7. The fourth-order valence-electron chi connectivity index (χ4n) is 1.51. The second-order valence-corrected chi connectivity index (χ2v) is 6.15. The molecule has 0 radical (unpaired) electrons. The zero-order chi connectivity index (χ0) is 13.7. The van der Waals surface area contributed by atoms with Crippen LogP contribution in [0.15, 0.2) is 40.2 Å². The van der Waals surface area contributed by atoms with Gasteiger partial charge in [-0.25, -0.2) is 0 Å². The van der Waals surface area contributed by atoms with Crippen molar-refractivity contribution in [2.75, 3.05) is 11.9 Å². The van der Waals surface area contributed by atoms with Crippen molar-refractivity contribution >= 4 is 50.5 Å². The molecule has 0 spiro atoms. The van der Waals surface area contributed by atoms with Crippen LogP contribution in [0.5, 0.6) is 0 Å². The minimum atomic E-state index is -0.0880. The van der Waals surface area contributed by atoms with Gasteiger partial charge in [-0.1, -0.05) is 17.7 Å². The molecule has 19 heavy (non-hydrogen) atoms. The third-order valence-corrected chi connectivity index (χ3v) is 4.53. The van der Waals surface area contributed by atoms with Crippen LogP contribution in [-0.2, 0) is 11.3 Å². The third kappa shape index (κ3) is 4.62. The maximum Gasteiger partial charge on any atom is 0.238 e. The van der Waals surface area contributed by atoms with E-state index in [-0.39, 0.29) is 12.5 Å². The van der Waals surface area contributed by atoms with E-state index in [0.717, 1.165) is 4.47 Å². The fraction of sp³-hybridized carbons (Fsp3) is 0.154. The summed E-state index contributed by atoms with van der Waals surface area (Å²) in [5, 5.41) is 8.49. The van der Waals surface area contributed by atoms with Crippen molar-refractivity contribution in [3.8, 4) is 0 Å². The topological polar surface area (TPSA) is 41.1 Å². The highest BCUT2D eigenvalue weighted by Gasteiger charge is 2.04. The van der Waals surface area contributed by atoms with E-state index in [2.05, 4.69) is 26.6 Å². The van der Waals surface area contributed by atoms with Gasteiger partial charge in [0, 0.05) is 26.6 Å². The van der Waals surface area contributed by atoms with Gasteiger partial charge in [-0.15, -0.1) is 11.3 Å². The van der Waals surface area contributed by atoms with Crippen LogP contribution in [0.4, 0.5) is 5.69 Å². The van der Waals surface area contributed by atoms with E-state index in [1.807, 2.05) is 11.4 Å². The number of hydrogen-bond donors (Lipinski definition) is 2. The van der Waals surface area contributed by atoms with Gasteiger partial charge >= 0.3 is 0 Å². The summed E-state index contributed by atoms with van der Waals surface area (Å²) in [6, 6.07) is 9.08. The van der Waals surface area contributed by atoms with Gasteiger partial charge in [-0.05, 0) is 45.6 Å². The molecule has 2 rings (SSSR count).